The van der Waals surface area contributed by atoms with Gasteiger partial charge < -0.3 is 21.1 Å². The van der Waals surface area contributed by atoms with Gasteiger partial charge in [0.05, 0.1) is 5.56 Å². The molecule has 16 heavy (non-hydrogen) atoms. The van der Waals surface area contributed by atoms with Gasteiger partial charge in [-0.05, 0) is 0 Å². The van der Waals surface area contributed by atoms with Gasteiger partial charge in [-0.15, -0.1) is 12.4 Å². The molecular formula is C9H12ClF2NO3. The van der Waals surface area contributed by atoms with Crippen molar-refractivity contribution in [3.8, 4) is 17.2 Å². The second kappa shape index (κ2) is 5.72. The molecule has 7 heteroatoms. The van der Waals surface area contributed by atoms with Crippen molar-refractivity contribution >= 4 is 12.4 Å². The van der Waals surface area contributed by atoms with E-state index in [0.717, 1.165) is 12.1 Å². The zero-order valence-corrected chi connectivity index (χ0v) is 8.92. The number of phenols is 3. The van der Waals surface area contributed by atoms with E-state index in [4.69, 9.17) is 10.8 Å². The molecule has 0 saturated heterocycles. The van der Waals surface area contributed by atoms with Crippen LogP contribution in [0.2, 0.25) is 0 Å². The van der Waals surface area contributed by atoms with Crippen LogP contribution in [0, 0.1) is 0 Å². The van der Waals surface area contributed by atoms with E-state index in [9.17, 15) is 19.0 Å². The summed E-state index contributed by atoms with van der Waals surface area (Å²) in [5.74, 6) is -1.36. The standard InChI is InChI=1S/C9H11F2NO3.ClH/c10-8(11)3-5(12)9-6(14)1-4(13)2-7(9)15;/h1-2,5,8,13-15H,3,12H2;1H/t5-;/m1./s1. The Kier molecular flexibility index (Phi) is 5.26. The summed E-state index contributed by atoms with van der Waals surface area (Å²) in [5, 5.41) is 27.6. The molecule has 1 atom stereocenters. The third kappa shape index (κ3) is 3.39. The molecule has 0 bridgehead atoms. The summed E-state index contributed by atoms with van der Waals surface area (Å²) in [7, 11) is 0. The minimum Gasteiger partial charge on any atom is -0.508 e. The van der Waals surface area contributed by atoms with Crippen LogP contribution in [0.4, 0.5) is 8.78 Å². The van der Waals surface area contributed by atoms with Crippen LogP contribution in [0.3, 0.4) is 0 Å². The fraction of sp³-hybridized carbons (Fsp3) is 0.333. The van der Waals surface area contributed by atoms with E-state index >= 15 is 0 Å². The Labute approximate surface area is 96.7 Å². The summed E-state index contributed by atoms with van der Waals surface area (Å²) < 4.78 is 24.0. The van der Waals surface area contributed by atoms with Gasteiger partial charge in [0.1, 0.15) is 17.2 Å². The highest BCUT2D eigenvalue weighted by Crippen LogP contribution is 2.37. The molecule has 0 aliphatic rings. The molecule has 1 aromatic carbocycles. The maximum absolute atomic E-state index is 12.0. The summed E-state index contributed by atoms with van der Waals surface area (Å²) in [6.07, 6.45) is -3.31. The zero-order valence-electron chi connectivity index (χ0n) is 8.10. The number of halogens is 3. The largest absolute Gasteiger partial charge is 0.508 e. The number of hydrogen-bond donors (Lipinski definition) is 4. The fourth-order valence-electron chi connectivity index (χ4n) is 1.30. The average Bonchev–Trinajstić information content (AvgIpc) is 1.99. The summed E-state index contributed by atoms with van der Waals surface area (Å²) in [6, 6.07) is 0.687. The van der Waals surface area contributed by atoms with Gasteiger partial charge >= 0.3 is 0 Å². The Morgan fingerprint density at radius 2 is 1.56 bits per heavy atom. The van der Waals surface area contributed by atoms with E-state index in [2.05, 4.69) is 0 Å². The second-order valence-electron chi connectivity index (χ2n) is 3.13. The average molecular weight is 256 g/mol. The van der Waals surface area contributed by atoms with Gasteiger partial charge in [-0.3, -0.25) is 0 Å². The first-order valence-corrected chi connectivity index (χ1v) is 4.20. The van der Waals surface area contributed by atoms with Crippen molar-refractivity contribution in [2.45, 2.75) is 18.9 Å². The first kappa shape index (κ1) is 14.7. The number of alkyl halides is 2. The third-order valence-electron chi connectivity index (χ3n) is 1.92. The van der Waals surface area contributed by atoms with Crippen LogP contribution in [0.15, 0.2) is 12.1 Å². The van der Waals surface area contributed by atoms with E-state index < -0.39 is 30.4 Å². The summed E-state index contributed by atoms with van der Waals surface area (Å²) in [5.41, 5.74) is 5.18. The topological polar surface area (TPSA) is 86.7 Å². The number of phenolic OH excluding ortho intramolecular Hbond substituents is 3. The Morgan fingerprint density at radius 3 is 1.94 bits per heavy atom. The van der Waals surface area contributed by atoms with E-state index in [-0.39, 0.29) is 23.7 Å². The lowest BCUT2D eigenvalue weighted by atomic mass is 10.0. The van der Waals surface area contributed by atoms with Crippen molar-refractivity contribution in [2.75, 3.05) is 0 Å². The number of aromatic hydroxyl groups is 3. The number of rotatable bonds is 3. The molecule has 0 saturated carbocycles. The molecule has 92 valence electrons. The van der Waals surface area contributed by atoms with Gasteiger partial charge in [-0.1, -0.05) is 0 Å². The molecule has 5 N–H and O–H groups in total. The van der Waals surface area contributed by atoms with Gasteiger partial charge in [-0.25, -0.2) is 8.78 Å². The minimum atomic E-state index is -2.63. The van der Waals surface area contributed by atoms with Gasteiger partial charge in [0.15, 0.2) is 0 Å². The molecule has 0 spiro atoms. The van der Waals surface area contributed by atoms with Gasteiger partial charge in [0.25, 0.3) is 0 Å². The first-order chi connectivity index (χ1) is 6.91. The van der Waals surface area contributed by atoms with Crippen molar-refractivity contribution in [3.63, 3.8) is 0 Å². The van der Waals surface area contributed by atoms with Crippen molar-refractivity contribution < 1.29 is 24.1 Å². The maximum atomic E-state index is 12.0. The highest BCUT2D eigenvalue weighted by atomic mass is 35.5. The number of benzene rings is 1. The number of nitrogens with two attached hydrogens (primary N) is 1. The maximum Gasteiger partial charge on any atom is 0.240 e. The molecule has 4 nitrogen and oxygen atoms in total. The summed E-state index contributed by atoms with van der Waals surface area (Å²) in [6.45, 7) is 0. The summed E-state index contributed by atoms with van der Waals surface area (Å²) >= 11 is 0. The lowest BCUT2D eigenvalue weighted by Gasteiger charge is -2.14. The SMILES string of the molecule is Cl.N[C@H](CC(F)F)c1c(O)cc(O)cc1O. The molecule has 0 amide bonds. The lowest BCUT2D eigenvalue weighted by molar-refractivity contribution is 0.127. The van der Waals surface area contributed by atoms with Crippen LogP contribution in [0.25, 0.3) is 0 Å². The van der Waals surface area contributed by atoms with Crippen LogP contribution in [0.5, 0.6) is 17.2 Å². The number of hydrogen-bond acceptors (Lipinski definition) is 4. The van der Waals surface area contributed by atoms with Gasteiger partial charge in [0, 0.05) is 24.6 Å². The fourth-order valence-corrected chi connectivity index (χ4v) is 1.30. The predicted octanol–water partition coefficient (Wildman–Crippen LogP) is 1.88. The van der Waals surface area contributed by atoms with Crippen molar-refractivity contribution in [3.05, 3.63) is 17.7 Å². The monoisotopic (exact) mass is 255 g/mol. The molecule has 0 unspecified atom stereocenters. The van der Waals surface area contributed by atoms with Crippen LogP contribution in [0.1, 0.15) is 18.0 Å². The molecule has 1 rings (SSSR count). The Hall–Kier alpha value is -1.27. The van der Waals surface area contributed by atoms with Crippen molar-refractivity contribution in [1.29, 1.82) is 0 Å². The van der Waals surface area contributed by atoms with Gasteiger partial charge in [0.2, 0.25) is 6.43 Å². The summed E-state index contributed by atoms with van der Waals surface area (Å²) in [4.78, 5) is 0. The quantitative estimate of drug-likeness (QED) is 0.664. The second-order valence-corrected chi connectivity index (χ2v) is 3.13. The normalized spacial score (nSPS) is 12.2. The molecular weight excluding hydrogens is 244 g/mol. The lowest BCUT2D eigenvalue weighted by Crippen LogP contribution is -2.14. The Morgan fingerprint density at radius 1 is 1.12 bits per heavy atom. The predicted molar refractivity (Wildman–Crippen MR) is 56.2 cm³/mol. The molecule has 1 aromatic rings. The smallest absolute Gasteiger partial charge is 0.240 e. The van der Waals surface area contributed by atoms with Crippen LogP contribution < -0.4 is 5.73 Å². The molecule has 0 heterocycles. The highest BCUT2D eigenvalue weighted by Gasteiger charge is 2.20. The molecule has 0 aromatic heterocycles. The van der Waals surface area contributed by atoms with Crippen molar-refractivity contribution in [2.24, 2.45) is 5.73 Å². The minimum absolute atomic E-state index is 0. The molecule has 0 radical (unpaired) electrons. The zero-order chi connectivity index (χ0) is 11.6. The Bertz CT molecular complexity index is 340. The van der Waals surface area contributed by atoms with Crippen LogP contribution in [-0.4, -0.2) is 21.7 Å². The van der Waals surface area contributed by atoms with Crippen molar-refractivity contribution in [1.82, 2.24) is 0 Å². The molecule has 0 aliphatic heterocycles. The first-order valence-electron chi connectivity index (χ1n) is 4.20. The van der Waals surface area contributed by atoms with Gasteiger partial charge in [-0.2, -0.15) is 0 Å². The van der Waals surface area contributed by atoms with Crippen LogP contribution >= 0.6 is 12.4 Å². The molecule has 0 fully saturated rings. The molecule has 0 aliphatic carbocycles. The van der Waals surface area contributed by atoms with E-state index in [1.54, 1.807) is 0 Å². The Balaban J connectivity index is 0.00000225. The highest BCUT2D eigenvalue weighted by molar-refractivity contribution is 5.85. The van der Waals surface area contributed by atoms with Crippen LogP contribution in [-0.2, 0) is 0 Å². The third-order valence-corrected chi connectivity index (χ3v) is 1.92. The van der Waals surface area contributed by atoms with E-state index in [1.165, 1.54) is 0 Å². The van der Waals surface area contributed by atoms with E-state index in [0.29, 0.717) is 0 Å². The van der Waals surface area contributed by atoms with E-state index in [1.807, 2.05) is 0 Å².